The average molecular weight is 400 g/mol. The summed E-state index contributed by atoms with van der Waals surface area (Å²) in [6, 6.07) is 16.3. The van der Waals surface area contributed by atoms with Crippen LogP contribution in [0.15, 0.2) is 54.7 Å². The number of amides is 1. The maximum absolute atomic E-state index is 11.1. The highest BCUT2D eigenvalue weighted by Crippen LogP contribution is 2.37. The van der Waals surface area contributed by atoms with E-state index in [0.29, 0.717) is 25.2 Å². The third kappa shape index (κ3) is 3.22. The molecular formula is C22H20N6O2. The molecule has 0 aliphatic carbocycles. The molecule has 1 saturated heterocycles. The number of aromatic nitrogens is 3. The van der Waals surface area contributed by atoms with E-state index in [1.165, 1.54) is 0 Å². The Labute approximate surface area is 172 Å². The molecule has 8 nitrogen and oxygen atoms in total. The Morgan fingerprint density at radius 1 is 1.10 bits per heavy atom. The van der Waals surface area contributed by atoms with E-state index in [4.69, 9.17) is 15.8 Å². The monoisotopic (exact) mass is 400 g/mol. The minimum atomic E-state index is -1.01. The number of carbonyl (C=O) groups is 1. The predicted molar refractivity (Wildman–Crippen MR) is 116 cm³/mol. The molecule has 2 aromatic carbocycles. The second-order valence-corrected chi connectivity index (χ2v) is 7.41. The lowest BCUT2D eigenvalue weighted by Gasteiger charge is -2.22. The zero-order valence-electron chi connectivity index (χ0n) is 16.1. The molecule has 1 aliphatic rings. The van der Waals surface area contributed by atoms with E-state index in [2.05, 4.69) is 44.5 Å². The molecular weight excluding hydrogens is 380 g/mol. The molecule has 1 atom stereocenters. The molecule has 0 bridgehead atoms. The lowest BCUT2D eigenvalue weighted by atomic mass is 9.98. The van der Waals surface area contributed by atoms with Crippen LogP contribution in [0.4, 0.5) is 16.6 Å². The Bertz CT molecular complexity index is 1270. The Hall–Kier alpha value is -3.94. The van der Waals surface area contributed by atoms with E-state index < -0.39 is 6.09 Å². The third-order valence-electron chi connectivity index (χ3n) is 5.46. The van der Waals surface area contributed by atoms with Crippen LogP contribution in [0, 0.1) is 0 Å². The fraction of sp³-hybridized carbons (Fsp3) is 0.182. The molecule has 150 valence electrons. The third-order valence-corrected chi connectivity index (χ3v) is 5.46. The smallest absolute Gasteiger partial charge is 0.404 e. The number of hydrogen-bond acceptors (Lipinski definition) is 6. The molecule has 1 aliphatic heterocycles. The Kier molecular flexibility index (Phi) is 4.31. The van der Waals surface area contributed by atoms with Gasteiger partial charge in [0.25, 0.3) is 0 Å². The van der Waals surface area contributed by atoms with Gasteiger partial charge < -0.3 is 21.1 Å². The van der Waals surface area contributed by atoms with Gasteiger partial charge in [-0.3, -0.25) is 0 Å². The van der Waals surface area contributed by atoms with Gasteiger partial charge in [0.05, 0.1) is 6.04 Å². The van der Waals surface area contributed by atoms with Crippen molar-refractivity contribution in [3.05, 3.63) is 54.7 Å². The van der Waals surface area contributed by atoms with Crippen LogP contribution in [0.1, 0.15) is 6.42 Å². The summed E-state index contributed by atoms with van der Waals surface area (Å²) >= 11 is 0. The predicted octanol–water partition coefficient (Wildman–Crippen LogP) is 3.27. The summed E-state index contributed by atoms with van der Waals surface area (Å²) in [5.41, 5.74) is 8.32. The maximum Gasteiger partial charge on any atom is 0.404 e. The summed E-state index contributed by atoms with van der Waals surface area (Å²) in [4.78, 5) is 26.4. The van der Waals surface area contributed by atoms with Crippen LogP contribution in [0.3, 0.4) is 0 Å². The lowest BCUT2D eigenvalue weighted by molar-refractivity contribution is 0.191. The second kappa shape index (κ2) is 7.14. The fourth-order valence-electron chi connectivity index (χ4n) is 4.11. The Balaban J connectivity index is 1.69. The van der Waals surface area contributed by atoms with Crippen molar-refractivity contribution in [2.24, 2.45) is 0 Å². The molecule has 1 amide bonds. The number of nitrogens with two attached hydrogens (primary N) is 1. The van der Waals surface area contributed by atoms with Gasteiger partial charge in [-0.25, -0.2) is 14.8 Å². The molecule has 4 aromatic rings. The number of hydrogen-bond donors (Lipinski definition) is 3. The van der Waals surface area contributed by atoms with Crippen molar-refractivity contribution in [2.45, 2.75) is 12.5 Å². The van der Waals surface area contributed by atoms with E-state index in [9.17, 15) is 4.79 Å². The van der Waals surface area contributed by atoms with Crippen LogP contribution in [0.2, 0.25) is 0 Å². The quantitative estimate of drug-likeness (QED) is 0.483. The molecule has 2 aromatic heterocycles. The van der Waals surface area contributed by atoms with Crippen LogP contribution in [0.5, 0.6) is 0 Å². The molecule has 30 heavy (non-hydrogen) atoms. The van der Waals surface area contributed by atoms with Gasteiger partial charge in [0, 0.05) is 30.2 Å². The number of nitrogens with one attached hydrogen (secondary N) is 1. The molecule has 1 unspecified atom stereocenters. The molecule has 3 heterocycles. The first kappa shape index (κ1) is 18.1. The fourth-order valence-corrected chi connectivity index (χ4v) is 4.11. The lowest BCUT2D eigenvalue weighted by Crippen LogP contribution is -2.36. The summed E-state index contributed by atoms with van der Waals surface area (Å²) in [6.07, 6.45) is 1.39. The molecule has 0 radical (unpaired) electrons. The van der Waals surface area contributed by atoms with Crippen molar-refractivity contribution < 1.29 is 9.90 Å². The average Bonchev–Trinajstić information content (AvgIpc) is 3.20. The Morgan fingerprint density at radius 2 is 1.93 bits per heavy atom. The van der Waals surface area contributed by atoms with E-state index in [0.717, 1.165) is 33.1 Å². The highest BCUT2D eigenvalue weighted by molar-refractivity contribution is 6.01. The summed E-state index contributed by atoms with van der Waals surface area (Å²) in [5, 5.41) is 14.7. The summed E-state index contributed by atoms with van der Waals surface area (Å²) in [5.74, 6) is 0.942. The van der Waals surface area contributed by atoms with Crippen molar-refractivity contribution in [1.82, 2.24) is 20.3 Å². The number of benzene rings is 2. The van der Waals surface area contributed by atoms with Crippen molar-refractivity contribution >= 4 is 39.7 Å². The van der Waals surface area contributed by atoms with Crippen LogP contribution in [-0.4, -0.2) is 45.3 Å². The number of carboxylic acid groups (broad SMARTS) is 1. The second-order valence-electron chi connectivity index (χ2n) is 7.41. The standard InChI is InChI=1S/C22H20N6O2/c23-21-24-11-14-10-18(17-7-3-5-13-4-1-2-6-16(13)17)20(26-19(14)27-21)28-9-8-15(12-28)25-22(29)30/h1-7,10-11,15,25H,8-9,12H2,(H,29,30)(H2,23,24,26,27). The summed E-state index contributed by atoms with van der Waals surface area (Å²) in [6.45, 7) is 1.24. The number of nitrogens with zero attached hydrogens (tertiary/aromatic N) is 4. The van der Waals surface area contributed by atoms with Gasteiger partial charge in [-0.2, -0.15) is 4.98 Å². The van der Waals surface area contributed by atoms with E-state index in [1.54, 1.807) is 6.20 Å². The highest BCUT2D eigenvalue weighted by atomic mass is 16.4. The molecule has 0 spiro atoms. The van der Waals surface area contributed by atoms with Gasteiger partial charge in [0.1, 0.15) is 5.82 Å². The zero-order valence-corrected chi connectivity index (χ0v) is 16.1. The first-order chi connectivity index (χ1) is 14.6. The minimum absolute atomic E-state index is 0.143. The first-order valence-electron chi connectivity index (χ1n) is 9.74. The normalized spacial score (nSPS) is 16.3. The molecule has 8 heteroatoms. The SMILES string of the molecule is Nc1ncc2cc(-c3cccc4ccccc34)c(N3CCC(NC(=O)O)C3)nc2n1. The van der Waals surface area contributed by atoms with Crippen molar-refractivity contribution in [2.75, 3.05) is 23.7 Å². The maximum atomic E-state index is 11.1. The number of nitrogen functional groups attached to an aromatic ring is 1. The van der Waals surface area contributed by atoms with E-state index >= 15 is 0 Å². The van der Waals surface area contributed by atoms with E-state index in [-0.39, 0.29) is 12.0 Å². The molecule has 1 fully saturated rings. The largest absolute Gasteiger partial charge is 0.465 e. The van der Waals surface area contributed by atoms with Gasteiger partial charge in [-0.15, -0.1) is 0 Å². The van der Waals surface area contributed by atoms with E-state index in [1.807, 2.05) is 24.3 Å². The highest BCUT2D eigenvalue weighted by Gasteiger charge is 2.27. The van der Waals surface area contributed by atoms with Gasteiger partial charge in [-0.05, 0) is 28.8 Å². The summed E-state index contributed by atoms with van der Waals surface area (Å²) in [7, 11) is 0. The molecule has 4 N–H and O–H groups in total. The first-order valence-corrected chi connectivity index (χ1v) is 9.74. The van der Waals surface area contributed by atoms with Gasteiger partial charge >= 0.3 is 6.09 Å². The van der Waals surface area contributed by atoms with Crippen LogP contribution in [-0.2, 0) is 0 Å². The summed E-state index contributed by atoms with van der Waals surface area (Å²) < 4.78 is 0. The van der Waals surface area contributed by atoms with Crippen LogP contribution < -0.4 is 16.0 Å². The van der Waals surface area contributed by atoms with Crippen LogP contribution in [0.25, 0.3) is 32.9 Å². The zero-order chi connectivity index (χ0) is 20.7. The van der Waals surface area contributed by atoms with Crippen molar-refractivity contribution in [3.8, 4) is 11.1 Å². The van der Waals surface area contributed by atoms with Gasteiger partial charge in [0.2, 0.25) is 5.95 Å². The Morgan fingerprint density at radius 3 is 2.80 bits per heavy atom. The number of anilines is 2. The number of fused-ring (bicyclic) bond motifs is 2. The number of rotatable bonds is 3. The van der Waals surface area contributed by atoms with Gasteiger partial charge in [0.15, 0.2) is 5.65 Å². The van der Waals surface area contributed by atoms with Crippen molar-refractivity contribution in [1.29, 1.82) is 0 Å². The van der Waals surface area contributed by atoms with Crippen LogP contribution >= 0.6 is 0 Å². The molecule has 0 saturated carbocycles. The number of pyridine rings is 1. The van der Waals surface area contributed by atoms with Gasteiger partial charge in [-0.1, -0.05) is 42.5 Å². The topological polar surface area (TPSA) is 117 Å². The van der Waals surface area contributed by atoms with Crippen molar-refractivity contribution in [3.63, 3.8) is 0 Å². The minimum Gasteiger partial charge on any atom is -0.465 e. The molecule has 5 rings (SSSR count).